The standard InChI is InChI=1S/C18H17NO3S/c20-17-10-4-9-16-15(17)8-5-11-18(16)23(21,22)19-13-12-14-6-2-1-3-7-14/h1-11,19-20H,12-13H2. The molecule has 0 aromatic heterocycles. The van der Waals surface area contributed by atoms with E-state index in [1.54, 1.807) is 36.4 Å². The Morgan fingerprint density at radius 2 is 1.52 bits per heavy atom. The number of hydrogen-bond acceptors (Lipinski definition) is 3. The van der Waals surface area contributed by atoms with Gasteiger partial charge in [0, 0.05) is 17.3 Å². The van der Waals surface area contributed by atoms with Gasteiger partial charge in [-0.2, -0.15) is 0 Å². The van der Waals surface area contributed by atoms with Crippen LogP contribution in [0.15, 0.2) is 71.6 Å². The highest BCUT2D eigenvalue weighted by Gasteiger charge is 2.17. The highest BCUT2D eigenvalue weighted by Crippen LogP contribution is 2.29. The van der Waals surface area contributed by atoms with Gasteiger partial charge in [0.05, 0.1) is 4.90 Å². The lowest BCUT2D eigenvalue weighted by Gasteiger charge is -2.10. The first-order valence-electron chi connectivity index (χ1n) is 7.32. The molecule has 23 heavy (non-hydrogen) atoms. The monoisotopic (exact) mass is 327 g/mol. The number of phenols is 1. The molecule has 3 aromatic rings. The molecule has 0 heterocycles. The molecule has 0 aliphatic carbocycles. The molecule has 4 nitrogen and oxygen atoms in total. The summed E-state index contributed by atoms with van der Waals surface area (Å²) in [5, 5.41) is 10.9. The third kappa shape index (κ3) is 3.36. The fourth-order valence-electron chi connectivity index (χ4n) is 2.55. The molecule has 5 heteroatoms. The lowest BCUT2D eigenvalue weighted by molar-refractivity contribution is 0.481. The van der Waals surface area contributed by atoms with Crippen molar-refractivity contribution in [1.82, 2.24) is 4.72 Å². The van der Waals surface area contributed by atoms with Crippen LogP contribution in [0.5, 0.6) is 5.75 Å². The molecule has 0 aliphatic rings. The summed E-state index contributed by atoms with van der Waals surface area (Å²) in [6, 6.07) is 19.5. The highest BCUT2D eigenvalue weighted by molar-refractivity contribution is 7.89. The summed E-state index contributed by atoms with van der Waals surface area (Å²) in [6.07, 6.45) is 0.621. The quantitative estimate of drug-likeness (QED) is 0.757. The van der Waals surface area contributed by atoms with Crippen molar-refractivity contribution in [2.75, 3.05) is 6.54 Å². The summed E-state index contributed by atoms with van der Waals surface area (Å²) < 4.78 is 27.7. The van der Waals surface area contributed by atoms with Crippen molar-refractivity contribution in [1.29, 1.82) is 0 Å². The van der Waals surface area contributed by atoms with Gasteiger partial charge in [-0.15, -0.1) is 0 Å². The summed E-state index contributed by atoms with van der Waals surface area (Å²) in [7, 11) is -3.63. The predicted octanol–water partition coefficient (Wildman–Crippen LogP) is 3.07. The maximum Gasteiger partial charge on any atom is 0.241 e. The molecule has 3 aromatic carbocycles. The van der Waals surface area contributed by atoms with E-state index in [2.05, 4.69) is 4.72 Å². The minimum absolute atomic E-state index is 0.0730. The fourth-order valence-corrected chi connectivity index (χ4v) is 3.80. The van der Waals surface area contributed by atoms with Crippen molar-refractivity contribution >= 4 is 20.8 Å². The Bertz CT molecular complexity index is 921. The molecular formula is C18H17NO3S. The van der Waals surface area contributed by atoms with E-state index in [9.17, 15) is 13.5 Å². The van der Waals surface area contributed by atoms with Gasteiger partial charge in [-0.25, -0.2) is 13.1 Å². The maximum atomic E-state index is 12.6. The Morgan fingerprint density at radius 1 is 0.826 bits per heavy atom. The van der Waals surface area contributed by atoms with Crippen LogP contribution in [0.2, 0.25) is 0 Å². The van der Waals surface area contributed by atoms with E-state index >= 15 is 0 Å². The minimum Gasteiger partial charge on any atom is -0.507 e. The second-order valence-corrected chi connectivity index (χ2v) is 7.00. The minimum atomic E-state index is -3.63. The third-order valence-corrected chi connectivity index (χ3v) is 5.22. The van der Waals surface area contributed by atoms with E-state index in [4.69, 9.17) is 0 Å². The first-order chi connectivity index (χ1) is 11.1. The summed E-state index contributed by atoms with van der Waals surface area (Å²) in [4.78, 5) is 0.180. The normalized spacial score (nSPS) is 11.7. The number of phenolic OH excluding ortho intramolecular Hbond substituents is 1. The fraction of sp³-hybridized carbons (Fsp3) is 0.111. The Morgan fingerprint density at radius 3 is 2.30 bits per heavy atom. The zero-order valence-corrected chi connectivity index (χ0v) is 13.3. The van der Waals surface area contributed by atoms with Crippen molar-refractivity contribution in [2.24, 2.45) is 0 Å². The van der Waals surface area contributed by atoms with Gasteiger partial charge < -0.3 is 5.11 Å². The number of nitrogens with one attached hydrogen (secondary N) is 1. The molecule has 0 radical (unpaired) electrons. The Kier molecular flexibility index (Phi) is 4.32. The molecule has 0 saturated heterocycles. The van der Waals surface area contributed by atoms with Crippen LogP contribution in [-0.4, -0.2) is 20.1 Å². The first-order valence-corrected chi connectivity index (χ1v) is 8.80. The van der Waals surface area contributed by atoms with Gasteiger partial charge in [0.25, 0.3) is 0 Å². The molecule has 0 spiro atoms. The van der Waals surface area contributed by atoms with E-state index in [1.807, 2.05) is 30.3 Å². The lowest BCUT2D eigenvalue weighted by Crippen LogP contribution is -2.26. The van der Waals surface area contributed by atoms with Crippen LogP contribution in [0.4, 0.5) is 0 Å². The van der Waals surface area contributed by atoms with E-state index in [0.29, 0.717) is 23.7 Å². The third-order valence-electron chi connectivity index (χ3n) is 3.70. The number of benzene rings is 3. The zero-order chi connectivity index (χ0) is 16.3. The van der Waals surface area contributed by atoms with Crippen molar-refractivity contribution in [3.8, 4) is 5.75 Å². The van der Waals surface area contributed by atoms with Crippen LogP contribution in [0.25, 0.3) is 10.8 Å². The number of rotatable bonds is 5. The first kappa shape index (κ1) is 15.5. The molecule has 0 aliphatic heterocycles. The number of aromatic hydroxyl groups is 1. The predicted molar refractivity (Wildman–Crippen MR) is 90.9 cm³/mol. The highest BCUT2D eigenvalue weighted by atomic mass is 32.2. The van der Waals surface area contributed by atoms with E-state index in [-0.39, 0.29) is 10.6 Å². The average molecular weight is 327 g/mol. The maximum absolute atomic E-state index is 12.6. The Balaban J connectivity index is 1.84. The van der Waals surface area contributed by atoms with Crippen LogP contribution in [0, 0.1) is 0 Å². The number of hydrogen-bond donors (Lipinski definition) is 2. The van der Waals surface area contributed by atoms with Crippen LogP contribution in [0.3, 0.4) is 0 Å². The molecule has 0 amide bonds. The Labute approximate surface area is 135 Å². The van der Waals surface area contributed by atoms with E-state index < -0.39 is 10.0 Å². The molecule has 118 valence electrons. The van der Waals surface area contributed by atoms with Crippen molar-refractivity contribution in [3.63, 3.8) is 0 Å². The van der Waals surface area contributed by atoms with Gasteiger partial charge >= 0.3 is 0 Å². The molecule has 0 saturated carbocycles. The van der Waals surface area contributed by atoms with Crippen molar-refractivity contribution < 1.29 is 13.5 Å². The number of sulfonamides is 1. The molecule has 3 rings (SSSR count). The summed E-state index contributed by atoms with van der Waals surface area (Å²) in [5.74, 6) is 0.0730. The summed E-state index contributed by atoms with van der Waals surface area (Å²) >= 11 is 0. The zero-order valence-electron chi connectivity index (χ0n) is 12.4. The van der Waals surface area contributed by atoms with Crippen LogP contribution >= 0.6 is 0 Å². The van der Waals surface area contributed by atoms with E-state index in [0.717, 1.165) is 5.56 Å². The number of fused-ring (bicyclic) bond motifs is 1. The van der Waals surface area contributed by atoms with E-state index in [1.165, 1.54) is 0 Å². The molecule has 2 N–H and O–H groups in total. The molecule has 0 atom stereocenters. The molecule has 0 fully saturated rings. The largest absolute Gasteiger partial charge is 0.507 e. The van der Waals surface area contributed by atoms with Crippen LogP contribution in [0.1, 0.15) is 5.56 Å². The average Bonchev–Trinajstić information content (AvgIpc) is 2.55. The summed E-state index contributed by atoms with van der Waals surface area (Å²) in [6.45, 7) is 0.321. The van der Waals surface area contributed by atoms with Gasteiger partial charge in [0.1, 0.15) is 5.75 Å². The summed E-state index contributed by atoms with van der Waals surface area (Å²) in [5.41, 5.74) is 1.07. The molecule has 0 bridgehead atoms. The second-order valence-electron chi connectivity index (χ2n) is 5.26. The van der Waals surface area contributed by atoms with Gasteiger partial charge in [0.15, 0.2) is 0 Å². The van der Waals surface area contributed by atoms with Crippen molar-refractivity contribution in [3.05, 3.63) is 72.3 Å². The smallest absolute Gasteiger partial charge is 0.241 e. The topological polar surface area (TPSA) is 66.4 Å². The molecular weight excluding hydrogens is 310 g/mol. The van der Waals surface area contributed by atoms with Gasteiger partial charge in [-0.1, -0.05) is 54.6 Å². The lowest BCUT2D eigenvalue weighted by atomic mass is 10.1. The van der Waals surface area contributed by atoms with Gasteiger partial charge in [-0.05, 0) is 24.1 Å². The second kappa shape index (κ2) is 6.40. The van der Waals surface area contributed by atoms with Crippen molar-refractivity contribution in [2.45, 2.75) is 11.3 Å². The molecule has 0 unspecified atom stereocenters. The van der Waals surface area contributed by atoms with Gasteiger partial charge in [0.2, 0.25) is 10.0 Å². The van der Waals surface area contributed by atoms with Crippen LogP contribution in [-0.2, 0) is 16.4 Å². The van der Waals surface area contributed by atoms with Crippen LogP contribution < -0.4 is 4.72 Å². The SMILES string of the molecule is O=S(=O)(NCCc1ccccc1)c1cccc2c(O)cccc12. The van der Waals surface area contributed by atoms with Gasteiger partial charge in [-0.3, -0.25) is 0 Å². The Hall–Kier alpha value is -2.37.